The number of hydrogen-bond acceptors (Lipinski definition) is 6. The number of morpholine rings is 1. The normalized spacial score (nSPS) is 29.2. The number of nitrogens with zero attached hydrogens (tertiary/aromatic N) is 1. The summed E-state index contributed by atoms with van der Waals surface area (Å²) in [6, 6.07) is 17.0. The van der Waals surface area contributed by atoms with E-state index in [1.807, 2.05) is 25.1 Å². The molecule has 2 aliphatic heterocycles. The molecule has 2 saturated heterocycles. The zero-order valence-corrected chi connectivity index (χ0v) is 15.1. The average Bonchev–Trinajstić information content (AvgIpc) is 3.10. The smallest absolute Gasteiger partial charge is 0.333 e. The molecule has 0 aromatic heterocycles. The van der Waals surface area contributed by atoms with Crippen LogP contribution >= 0.6 is 0 Å². The van der Waals surface area contributed by atoms with Crippen molar-refractivity contribution in [2.75, 3.05) is 6.61 Å². The van der Waals surface area contributed by atoms with Crippen LogP contribution in [0.5, 0.6) is 0 Å². The van der Waals surface area contributed by atoms with Gasteiger partial charge in [0, 0.05) is 6.42 Å². The van der Waals surface area contributed by atoms with Crippen molar-refractivity contribution >= 4 is 15.8 Å². The van der Waals surface area contributed by atoms with Crippen LogP contribution in [0, 0.1) is 0 Å². The number of cyclic esters (lactones) is 1. The molecule has 26 heavy (non-hydrogen) atoms. The second kappa shape index (κ2) is 6.19. The van der Waals surface area contributed by atoms with Gasteiger partial charge < -0.3 is 4.74 Å². The predicted octanol–water partition coefficient (Wildman–Crippen LogP) is 2.26. The van der Waals surface area contributed by atoms with Crippen molar-refractivity contribution in [2.45, 2.75) is 35.3 Å². The quantitative estimate of drug-likeness (QED) is 0.769. The van der Waals surface area contributed by atoms with Crippen molar-refractivity contribution in [3.63, 3.8) is 0 Å². The largest absolute Gasteiger partial charge is 0.462 e. The van der Waals surface area contributed by atoms with E-state index in [0.717, 1.165) is 0 Å². The molecule has 0 N–H and O–H groups in total. The summed E-state index contributed by atoms with van der Waals surface area (Å²) in [4.78, 5) is 18.9. The second-order valence-electron chi connectivity index (χ2n) is 6.60. The molecule has 0 unspecified atom stereocenters. The number of benzene rings is 2. The Morgan fingerprint density at radius 2 is 1.65 bits per heavy atom. The van der Waals surface area contributed by atoms with E-state index in [-0.39, 0.29) is 24.0 Å². The first-order chi connectivity index (χ1) is 12.5. The van der Waals surface area contributed by atoms with E-state index in [2.05, 4.69) is 0 Å². The summed E-state index contributed by atoms with van der Waals surface area (Å²) in [6.45, 7) is 2.01. The van der Waals surface area contributed by atoms with Crippen molar-refractivity contribution in [2.24, 2.45) is 0 Å². The van der Waals surface area contributed by atoms with Gasteiger partial charge in [-0.1, -0.05) is 48.5 Å². The van der Waals surface area contributed by atoms with Gasteiger partial charge in [0.15, 0.2) is 11.0 Å². The minimum absolute atomic E-state index is 0.0165. The van der Waals surface area contributed by atoms with Crippen LogP contribution in [0.2, 0.25) is 0 Å². The predicted molar refractivity (Wildman–Crippen MR) is 93.5 cm³/mol. The van der Waals surface area contributed by atoms with Crippen molar-refractivity contribution in [1.82, 2.24) is 5.06 Å². The van der Waals surface area contributed by atoms with E-state index in [4.69, 9.17) is 9.57 Å². The summed E-state index contributed by atoms with van der Waals surface area (Å²) < 4.78 is 31.5. The maximum absolute atomic E-state index is 13.1. The van der Waals surface area contributed by atoms with Crippen LogP contribution in [0.15, 0.2) is 65.6 Å². The van der Waals surface area contributed by atoms with Gasteiger partial charge in [-0.25, -0.2) is 13.2 Å². The molecule has 2 fully saturated rings. The average molecular weight is 373 g/mol. The van der Waals surface area contributed by atoms with Gasteiger partial charge in [-0.15, -0.1) is 0 Å². The van der Waals surface area contributed by atoms with Gasteiger partial charge in [0.2, 0.25) is 9.84 Å². The first-order valence-electron chi connectivity index (χ1n) is 8.44. The number of sulfone groups is 1. The van der Waals surface area contributed by atoms with Gasteiger partial charge in [0.25, 0.3) is 0 Å². The third kappa shape index (κ3) is 2.46. The molecule has 3 atom stereocenters. The molecule has 0 amide bonds. The van der Waals surface area contributed by atoms with Gasteiger partial charge >= 0.3 is 5.97 Å². The highest BCUT2D eigenvalue weighted by Gasteiger charge is 2.61. The summed E-state index contributed by atoms with van der Waals surface area (Å²) in [5.74, 6) is -0.479. The Kier molecular flexibility index (Phi) is 4.10. The summed E-state index contributed by atoms with van der Waals surface area (Å²) in [6.07, 6.45) is -0.0165. The lowest BCUT2D eigenvalue weighted by molar-refractivity contribution is -0.241. The SMILES string of the molecule is C[C@H]1COC(=O)[C@]2(c3ccccc3)C[C@H](S(=O)(=O)c3ccccc3)ON12. The zero-order valence-electron chi connectivity index (χ0n) is 14.2. The van der Waals surface area contributed by atoms with Crippen molar-refractivity contribution in [3.05, 3.63) is 66.2 Å². The number of hydrogen-bond donors (Lipinski definition) is 0. The fraction of sp³-hybridized carbons (Fsp3) is 0.316. The Bertz CT molecular complexity index is 915. The summed E-state index contributed by atoms with van der Waals surface area (Å²) in [5, 5.41) is 1.51. The Balaban J connectivity index is 1.81. The molecule has 4 rings (SSSR count). The lowest BCUT2D eigenvalue weighted by Gasteiger charge is -2.41. The molecular weight excluding hydrogens is 354 g/mol. The number of rotatable bonds is 3. The molecule has 0 saturated carbocycles. The Morgan fingerprint density at radius 3 is 2.31 bits per heavy atom. The fourth-order valence-corrected chi connectivity index (χ4v) is 5.13. The number of hydroxylamine groups is 2. The Morgan fingerprint density at radius 1 is 1.04 bits per heavy atom. The molecule has 7 heteroatoms. The number of esters is 1. The molecule has 0 bridgehead atoms. The fourth-order valence-electron chi connectivity index (χ4n) is 3.63. The maximum Gasteiger partial charge on any atom is 0.333 e. The van der Waals surface area contributed by atoms with Gasteiger partial charge in [-0.2, -0.15) is 5.06 Å². The third-order valence-corrected chi connectivity index (χ3v) is 6.81. The molecule has 0 aliphatic carbocycles. The van der Waals surface area contributed by atoms with Gasteiger partial charge in [0.1, 0.15) is 6.61 Å². The molecule has 0 spiro atoms. The Hall–Kier alpha value is -2.22. The highest BCUT2D eigenvalue weighted by Crippen LogP contribution is 2.47. The van der Waals surface area contributed by atoms with Gasteiger partial charge in [-0.05, 0) is 24.6 Å². The molecule has 2 heterocycles. The molecule has 6 nitrogen and oxygen atoms in total. The topological polar surface area (TPSA) is 72.9 Å². The van der Waals surface area contributed by atoms with E-state index in [0.29, 0.717) is 5.56 Å². The highest BCUT2D eigenvalue weighted by atomic mass is 32.2. The first-order valence-corrected chi connectivity index (χ1v) is 9.99. The first kappa shape index (κ1) is 17.2. The third-order valence-electron chi connectivity index (χ3n) is 4.93. The monoisotopic (exact) mass is 373 g/mol. The second-order valence-corrected chi connectivity index (χ2v) is 8.68. The van der Waals surface area contributed by atoms with Crippen molar-refractivity contribution in [3.8, 4) is 0 Å². The number of fused-ring (bicyclic) bond motifs is 1. The van der Waals surface area contributed by atoms with E-state index < -0.39 is 26.8 Å². The van der Waals surface area contributed by atoms with Crippen LogP contribution in [0.3, 0.4) is 0 Å². The van der Waals surface area contributed by atoms with Crippen molar-refractivity contribution < 1.29 is 22.8 Å². The van der Waals surface area contributed by atoms with Gasteiger partial charge in [0.05, 0.1) is 10.9 Å². The van der Waals surface area contributed by atoms with Crippen LogP contribution in [-0.2, 0) is 29.7 Å². The maximum atomic E-state index is 13.1. The van der Waals surface area contributed by atoms with Crippen LogP contribution in [-0.4, -0.2) is 37.5 Å². The highest BCUT2D eigenvalue weighted by molar-refractivity contribution is 7.92. The summed E-state index contributed by atoms with van der Waals surface area (Å²) >= 11 is 0. The van der Waals surface area contributed by atoms with E-state index in [9.17, 15) is 13.2 Å². The van der Waals surface area contributed by atoms with Crippen LogP contribution in [0.25, 0.3) is 0 Å². The number of ether oxygens (including phenoxy) is 1. The molecule has 2 aliphatic rings. The van der Waals surface area contributed by atoms with Crippen LogP contribution < -0.4 is 0 Å². The minimum Gasteiger partial charge on any atom is -0.462 e. The van der Waals surface area contributed by atoms with Crippen LogP contribution in [0.4, 0.5) is 0 Å². The summed E-state index contributed by atoms with van der Waals surface area (Å²) in [5.41, 5.74) is -1.74. The zero-order chi connectivity index (χ0) is 18.4. The lowest BCUT2D eigenvalue weighted by atomic mass is 9.85. The van der Waals surface area contributed by atoms with E-state index in [1.165, 1.54) is 17.2 Å². The number of carbonyl (C=O) groups excluding carboxylic acids is 1. The summed E-state index contributed by atoms with van der Waals surface area (Å²) in [7, 11) is -3.76. The minimum atomic E-state index is -3.76. The van der Waals surface area contributed by atoms with Crippen molar-refractivity contribution in [1.29, 1.82) is 0 Å². The lowest BCUT2D eigenvalue weighted by Crippen LogP contribution is -2.57. The van der Waals surface area contributed by atoms with Gasteiger partial charge in [-0.3, -0.25) is 4.84 Å². The van der Waals surface area contributed by atoms with E-state index >= 15 is 0 Å². The molecular formula is C19H19NO5S. The molecule has 0 radical (unpaired) electrons. The molecule has 2 aromatic rings. The molecule has 2 aromatic carbocycles. The Labute approximate surface area is 152 Å². The van der Waals surface area contributed by atoms with Crippen LogP contribution in [0.1, 0.15) is 18.9 Å². The molecule has 136 valence electrons. The van der Waals surface area contributed by atoms with E-state index in [1.54, 1.807) is 30.3 Å². The number of carbonyl (C=O) groups is 1. The standard InChI is InChI=1S/C19H19NO5S/c1-14-13-24-18(21)19(15-8-4-2-5-9-15)12-17(25-20(14)19)26(22,23)16-10-6-3-7-11-16/h2-11,14,17H,12-13H2,1H3/t14-,17-,19+/m0/s1.